The molecule has 0 spiro atoms. The lowest BCUT2D eigenvalue weighted by molar-refractivity contribution is 0.171. The monoisotopic (exact) mass is 405 g/mol. The summed E-state index contributed by atoms with van der Waals surface area (Å²) in [6.07, 6.45) is 3.02. The Morgan fingerprint density at radius 3 is 2.93 bits per heavy atom. The van der Waals surface area contributed by atoms with E-state index in [1.165, 1.54) is 12.1 Å². The molecule has 2 atom stereocenters. The van der Waals surface area contributed by atoms with Crippen LogP contribution in [0.4, 0.5) is 14.6 Å². The number of aliphatic hydroxyl groups excluding tert-OH is 1. The zero-order valence-corrected chi connectivity index (χ0v) is 15.5. The summed E-state index contributed by atoms with van der Waals surface area (Å²) in [7, 11) is 0. The molecular weight excluding hydrogens is 388 g/mol. The molecule has 1 aliphatic carbocycles. The topological polar surface area (TPSA) is 104 Å². The Hall–Kier alpha value is -2.59. The van der Waals surface area contributed by atoms with E-state index in [-0.39, 0.29) is 28.2 Å². The van der Waals surface area contributed by atoms with Gasteiger partial charge in [0.1, 0.15) is 5.52 Å². The molecule has 1 aliphatic rings. The lowest BCUT2D eigenvalue weighted by atomic mass is 10.2. The van der Waals surface area contributed by atoms with Gasteiger partial charge in [0.25, 0.3) is 5.56 Å². The van der Waals surface area contributed by atoms with E-state index >= 15 is 0 Å². The fraction of sp³-hybridized carbons (Fsp3) is 0.333. The molecule has 4 rings (SSSR count). The van der Waals surface area contributed by atoms with Crippen LogP contribution in [0.5, 0.6) is 0 Å². The first-order valence-electron chi connectivity index (χ1n) is 8.78. The molecule has 0 saturated heterocycles. The summed E-state index contributed by atoms with van der Waals surface area (Å²) in [5.41, 5.74) is 0.388. The first-order valence-corrected chi connectivity index (χ1v) is 9.77. The fourth-order valence-electron chi connectivity index (χ4n) is 3.17. The van der Waals surface area contributed by atoms with Crippen molar-refractivity contribution in [2.45, 2.75) is 42.3 Å². The molecule has 0 amide bonds. The summed E-state index contributed by atoms with van der Waals surface area (Å²) in [5.74, 6) is -1.32. The van der Waals surface area contributed by atoms with Crippen molar-refractivity contribution in [2.24, 2.45) is 0 Å². The Labute approximate surface area is 162 Å². The number of halogens is 2. The van der Waals surface area contributed by atoms with E-state index in [1.54, 1.807) is 0 Å². The number of H-pyrrole nitrogens is 1. The second-order valence-corrected chi connectivity index (χ2v) is 7.49. The first-order chi connectivity index (χ1) is 13.5. The maximum Gasteiger partial charge on any atom is 0.268 e. The molecule has 2 aromatic heterocycles. The summed E-state index contributed by atoms with van der Waals surface area (Å²) in [6.45, 7) is 0. The van der Waals surface area contributed by atoms with Crippen LogP contribution in [0.15, 0.2) is 34.3 Å². The van der Waals surface area contributed by atoms with E-state index in [9.17, 15) is 18.7 Å². The Kier molecular flexibility index (Phi) is 5.23. The molecule has 3 aromatic rings. The van der Waals surface area contributed by atoms with Crippen molar-refractivity contribution in [1.29, 1.82) is 0 Å². The fourth-order valence-corrected chi connectivity index (χ4v) is 3.99. The van der Waals surface area contributed by atoms with E-state index in [1.807, 2.05) is 0 Å². The number of thioether (sulfide) groups is 1. The van der Waals surface area contributed by atoms with Crippen LogP contribution < -0.4 is 10.9 Å². The molecule has 3 N–H and O–H groups in total. The van der Waals surface area contributed by atoms with Crippen LogP contribution >= 0.6 is 11.8 Å². The number of rotatable bonds is 5. The average molecular weight is 405 g/mol. The van der Waals surface area contributed by atoms with Gasteiger partial charge in [-0.3, -0.25) is 4.79 Å². The lowest BCUT2D eigenvalue weighted by Crippen LogP contribution is -2.28. The van der Waals surface area contributed by atoms with E-state index in [4.69, 9.17) is 0 Å². The van der Waals surface area contributed by atoms with Crippen molar-refractivity contribution in [3.63, 3.8) is 0 Å². The van der Waals surface area contributed by atoms with Gasteiger partial charge < -0.3 is 15.4 Å². The number of aliphatic hydroxyl groups is 1. The molecule has 1 fully saturated rings. The minimum absolute atomic E-state index is 0.116. The minimum atomic E-state index is -0.913. The number of aromatic nitrogens is 4. The van der Waals surface area contributed by atoms with Gasteiger partial charge in [0.15, 0.2) is 28.3 Å². The zero-order valence-electron chi connectivity index (χ0n) is 14.7. The third-order valence-electron chi connectivity index (χ3n) is 4.61. The molecule has 2 heterocycles. The van der Waals surface area contributed by atoms with Crippen LogP contribution in [0.3, 0.4) is 0 Å². The number of fused-ring (bicyclic) bond motifs is 1. The summed E-state index contributed by atoms with van der Waals surface area (Å²) in [6, 6.07) is 3.81. The SMILES string of the molecule is O=c1cnc2c(NC3CCCC3O)nc(SCc3cccc(F)c3F)nc2[nH]1. The lowest BCUT2D eigenvalue weighted by Gasteiger charge is -2.18. The van der Waals surface area contributed by atoms with Gasteiger partial charge in [0.2, 0.25) is 0 Å². The standard InChI is InChI=1S/C18H17F2N5O2S/c19-10-4-1-3-9(14(10)20)8-28-18-24-16(22-11-5-2-6-12(11)26)15-17(25-18)23-13(27)7-21-15/h1,3-4,7,11-12,26H,2,5-6,8H2,(H2,22,23,24,25,27). The third-order valence-corrected chi connectivity index (χ3v) is 5.50. The van der Waals surface area contributed by atoms with Gasteiger partial charge in [0, 0.05) is 11.3 Å². The van der Waals surface area contributed by atoms with Crippen LogP contribution in [0, 0.1) is 11.6 Å². The summed E-state index contributed by atoms with van der Waals surface area (Å²) in [4.78, 5) is 27.0. The first kappa shape index (κ1) is 18.8. The van der Waals surface area contributed by atoms with Crippen LogP contribution in [0.1, 0.15) is 24.8 Å². The summed E-state index contributed by atoms with van der Waals surface area (Å²) in [5, 5.41) is 13.5. The molecule has 1 aromatic carbocycles. The summed E-state index contributed by atoms with van der Waals surface area (Å²) >= 11 is 1.11. The normalized spacial score (nSPS) is 19.2. The van der Waals surface area contributed by atoms with E-state index in [0.29, 0.717) is 17.8 Å². The Morgan fingerprint density at radius 2 is 2.14 bits per heavy atom. The van der Waals surface area contributed by atoms with Gasteiger partial charge >= 0.3 is 0 Å². The van der Waals surface area contributed by atoms with Crippen molar-refractivity contribution in [2.75, 3.05) is 5.32 Å². The molecular formula is C18H17F2N5O2S. The number of anilines is 1. The molecule has 1 saturated carbocycles. The van der Waals surface area contributed by atoms with Gasteiger partial charge in [0.05, 0.1) is 18.3 Å². The van der Waals surface area contributed by atoms with E-state index in [0.717, 1.165) is 36.9 Å². The predicted octanol–water partition coefficient (Wildman–Crippen LogP) is 2.61. The minimum Gasteiger partial charge on any atom is -0.391 e. The second-order valence-electron chi connectivity index (χ2n) is 6.55. The highest BCUT2D eigenvalue weighted by Gasteiger charge is 2.26. The maximum absolute atomic E-state index is 13.9. The number of hydrogen-bond donors (Lipinski definition) is 3. The predicted molar refractivity (Wildman–Crippen MR) is 101 cm³/mol. The molecule has 0 bridgehead atoms. The molecule has 146 valence electrons. The number of nitrogens with zero attached hydrogens (tertiary/aromatic N) is 3. The molecule has 7 nitrogen and oxygen atoms in total. The van der Waals surface area contributed by atoms with Crippen LogP contribution in [-0.2, 0) is 5.75 Å². The van der Waals surface area contributed by atoms with Crippen LogP contribution in [-0.4, -0.2) is 37.2 Å². The van der Waals surface area contributed by atoms with Crippen molar-refractivity contribution in [3.8, 4) is 0 Å². The zero-order chi connectivity index (χ0) is 19.7. The molecule has 0 radical (unpaired) electrons. The number of hydrogen-bond acceptors (Lipinski definition) is 7. The van der Waals surface area contributed by atoms with Gasteiger partial charge in [-0.25, -0.2) is 23.7 Å². The Morgan fingerprint density at radius 1 is 1.29 bits per heavy atom. The molecule has 10 heteroatoms. The molecule has 28 heavy (non-hydrogen) atoms. The third kappa shape index (κ3) is 3.83. The smallest absolute Gasteiger partial charge is 0.268 e. The van der Waals surface area contributed by atoms with Gasteiger partial charge in [-0.1, -0.05) is 23.9 Å². The quantitative estimate of drug-likeness (QED) is 0.443. The average Bonchev–Trinajstić information content (AvgIpc) is 3.07. The van der Waals surface area contributed by atoms with Crippen molar-refractivity contribution >= 4 is 28.7 Å². The number of nitrogens with one attached hydrogen (secondary N) is 2. The Bertz CT molecular complexity index is 1080. The highest BCUT2D eigenvalue weighted by Crippen LogP contribution is 2.28. The second kappa shape index (κ2) is 7.80. The van der Waals surface area contributed by atoms with E-state index in [2.05, 4.69) is 25.3 Å². The van der Waals surface area contributed by atoms with Crippen molar-refractivity contribution in [1.82, 2.24) is 19.9 Å². The molecule has 0 aliphatic heterocycles. The van der Waals surface area contributed by atoms with Crippen LogP contribution in [0.2, 0.25) is 0 Å². The van der Waals surface area contributed by atoms with Crippen molar-refractivity contribution < 1.29 is 13.9 Å². The highest BCUT2D eigenvalue weighted by molar-refractivity contribution is 7.98. The number of benzene rings is 1. The number of aromatic amines is 1. The Balaban J connectivity index is 1.66. The summed E-state index contributed by atoms with van der Waals surface area (Å²) < 4.78 is 27.3. The largest absolute Gasteiger partial charge is 0.391 e. The van der Waals surface area contributed by atoms with E-state index < -0.39 is 23.3 Å². The maximum atomic E-state index is 13.9. The van der Waals surface area contributed by atoms with Gasteiger partial charge in [-0.15, -0.1) is 0 Å². The van der Waals surface area contributed by atoms with Crippen LogP contribution in [0.25, 0.3) is 11.2 Å². The van der Waals surface area contributed by atoms with Gasteiger partial charge in [-0.05, 0) is 25.3 Å². The van der Waals surface area contributed by atoms with Gasteiger partial charge in [-0.2, -0.15) is 0 Å². The van der Waals surface area contributed by atoms with Crippen molar-refractivity contribution in [3.05, 3.63) is 51.9 Å². The highest BCUT2D eigenvalue weighted by atomic mass is 32.2. The molecule has 2 unspecified atom stereocenters.